The Morgan fingerprint density at radius 1 is 1.10 bits per heavy atom. The van der Waals surface area contributed by atoms with Crippen molar-refractivity contribution in [1.82, 2.24) is 0 Å². The number of hydrogen-bond donors (Lipinski definition) is 1. The zero-order valence-electron chi connectivity index (χ0n) is 10.7. The third-order valence-electron chi connectivity index (χ3n) is 3.43. The van der Waals surface area contributed by atoms with Crippen molar-refractivity contribution >= 4 is 11.6 Å². The van der Waals surface area contributed by atoms with E-state index in [0.717, 1.165) is 12.1 Å². The largest absolute Gasteiger partial charge is 0.508 e. The lowest BCUT2D eigenvalue weighted by Gasteiger charge is -2.17. The molecule has 1 heterocycles. The van der Waals surface area contributed by atoms with Crippen LogP contribution in [0.1, 0.15) is 21.5 Å². The second-order valence-electron chi connectivity index (χ2n) is 4.74. The highest BCUT2D eigenvalue weighted by molar-refractivity contribution is 6.10. The molecular weight excluding hydrogens is 283 g/mol. The van der Waals surface area contributed by atoms with Gasteiger partial charge in [-0.1, -0.05) is 12.1 Å². The number of phenols is 1. The molecule has 1 N–H and O–H groups in total. The van der Waals surface area contributed by atoms with E-state index in [-0.39, 0.29) is 18.0 Å². The number of rotatable bonds is 1. The molecule has 0 fully saturated rings. The van der Waals surface area contributed by atoms with E-state index in [9.17, 15) is 23.1 Å². The Morgan fingerprint density at radius 3 is 2.48 bits per heavy atom. The summed E-state index contributed by atoms with van der Waals surface area (Å²) in [5, 5.41) is 9.74. The number of anilines is 1. The second-order valence-corrected chi connectivity index (χ2v) is 4.74. The highest BCUT2D eigenvalue weighted by atomic mass is 19.4. The van der Waals surface area contributed by atoms with Crippen LogP contribution in [0.15, 0.2) is 42.5 Å². The van der Waals surface area contributed by atoms with Crippen LogP contribution in [0.4, 0.5) is 18.9 Å². The van der Waals surface area contributed by atoms with Crippen LogP contribution >= 0.6 is 0 Å². The zero-order valence-corrected chi connectivity index (χ0v) is 10.7. The van der Waals surface area contributed by atoms with Gasteiger partial charge in [-0.15, -0.1) is 0 Å². The normalized spacial score (nSPS) is 14.4. The van der Waals surface area contributed by atoms with E-state index in [2.05, 4.69) is 0 Å². The Hall–Kier alpha value is -2.50. The maximum atomic E-state index is 12.7. The van der Waals surface area contributed by atoms with Crippen LogP contribution in [0.2, 0.25) is 0 Å². The first-order chi connectivity index (χ1) is 9.88. The van der Waals surface area contributed by atoms with Gasteiger partial charge in [-0.25, -0.2) is 0 Å². The molecule has 0 bridgehead atoms. The summed E-state index contributed by atoms with van der Waals surface area (Å²) in [6, 6.07) is 9.11. The molecule has 108 valence electrons. The summed E-state index contributed by atoms with van der Waals surface area (Å²) in [6.45, 7) is 0.0577. The summed E-state index contributed by atoms with van der Waals surface area (Å²) in [7, 11) is 0. The topological polar surface area (TPSA) is 40.5 Å². The minimum atomic E-state index is -4.46. The van der Waals surface area contributed by atoms with Crippen LogP contribution in [0, 0.1) is 0 Å². The van der Waals surface area contributed by atoms with Gasteiger partial charge in [-0.2, -0.15) is 13.2 Å². The van der Waals surface area contributed by atoms with Gasteiger partial charge in [0.2, 0.25) is 0 Å². The van der Waals surface area contributed by atoms with Gasteiger partial charge in [0.1, 0.15) is 5.75 Å². The predicted molar refractivity (Wildman–Crippen MR) is 70.1 cm³/mol. The number of halogens is 3. The summed E-state index contributed by atoms with van der Waals surface area (Å²) in [5.41, 5.74) is 0.0886. The van der Waals surface area contributed by atoms with Crippen molar-refractivity contribution in [1.29, 1.82) is 0 Å². The molecule has 3 rings (SSSR count). The number of fused-ring (bicyclic) bond motifs is 1. The number of carbonyl (C=O) groups is 1. The van der Waals surface area contributed by atoms with Gasteiger partial charge >= 0.3 is 6.18 Å². The van der Waals surface area contributed by atoms with Gasteiger partial charge in [-0.05, 0) is 30.3 Å². The minimum Gasteiger partial charge on any atom is -0.508 e. The van der Waals surface area contributed by atoms with Gasteiger partial charge in [0.25, 0.3) is 5.91 Å². The second kappa shape index (κ2) is 4.51. The molecule has 1 aliphatic heterocycles. The molecule has 6 heteroatoms. The lowest BCUT2D eigenvalue weighted by Crippen LogP contribution is -2.23. The first-order valence-corrected chi connectivity index (χ1v) is 6.18. The van der Waals surface area contributed by atoms with E-state index in [1.807, 2.05) is 0 Å². The Labute approximate surface area is 118 Å². The Bertz CT molecular complexity index is 725. The Kier molecular flexibility index (Phi) is 2.90. The molecule has 1 amide bonds. The van der Waals surface area contributed by atoms with Crippen molar-refractivity contribution in [2.45, 2.75) is 12.7 Å². The summed E-state index contributed by atoms with van der Waals surface area (Å²) < 4.78 is 38.2. The van der Waals surface area contributed by atoms with Gasteiger partial charge in [0.05, 0.1) is 12.1 Å². The maximum Gasteiger partial charge on any atom is 0.416 e. The Balaban J connectivity index is 2.01. The van der Waals surface area contributed by atoms with Crippen LogP contribution in [-0.4, -0.2) is 11.0 Å². The first-order valence-electron chi connectivity index (χ1n) is 6.18. The van der Waals surface area contributed by atoms with Gasteiger partial charge in [0.15, 0.2) is 0 Å². The Morgan fingerprint density at radius 2 is 1.81 bits per heavy atom. The van der Waals surface area contributed by atoms with Gasteiger partial charge < -0.3 is 10.0 Å². The summed E-state index contributed by atoms with van der Waals surface area (Å²) in [5.74, 6) is -0.449. The molecule has 0 saturated carbocycles. The van der Waals surface area contributed by atoms with Gasteiger partial charge in [0, 0.05) is 16.8 Å². The number of carbonyl (C=O) groups excluding carboxylic acids is 1. The highest BCUT2D eigenvalue weighted by Crippen LogP contribution is 2.36. The molecule has 0 spiro atoms. The fraction of sp³-hybridized carbons (Fsp3) is 0.133. The standard InChI is InChI=1S/C15H10F3NO2/c16-15(17,18)9-3-1-4-10(7-9)19-8-12-11(14(19)21)5-2-6-13(12)20/h1-7,20H,8H2. The number of alkyl halides is 3. The molecule has 0 aromatic heterocycles. The van der Waals surface area contributed by atoms with Crippen molar-refractivity contribution in [2.24, 2.45) is 0 Å². The molecule has 2 aromatic rings. The number of amides is 1. The van der Waals surface area contributed by atoms with Gasteiger partial charge in [-0.3, -0.25) is 4.79 Å². The van der Waals surface area contributed by atoms with Crippen molar-refractivity contribution in [3.8, 4) is 5.75 Å². The van der Waals surface area contributed by atoms with E-state index in [4.69, 9.17) is 0 Å². The highest BCUT2D eigenvalue weighted by Gasteiger charge is 2.34. The van der Waals surface area contributed by atoms with Crippen molar-refractivity contribution in [3.05, 3.63) is 59.2 Å². The van der Waals surface area contributed by atoms with E-state index in [1.165, 1.54) is 29.2 Å². The molecule has 0 atom stereocenters. The van der Waals surface area contributed by atoms with Crippen LogP contribution in [-0.2, 0) is 12.7 Å². The monoisotopic (exact) mass is 293 g/mol. The SMILES string of the molecule is O=C1c2cccc(O)c2CN1c1cccc(C(F)(F)F)c1. The van der Waals surface area contributed by atoms with E-state index in [0.29, 0.717) is 11.1 Å². The number of phenolic OH excluding ortho intramolecular Hbond substituents is 1. The molecule has 0 saturated heterocycles. The smallest absolute Gasteiger partial charge is 0.416 e. The van der Waals surface area contributed by atoms with Crippen molar-refractivity contribution < 1.29 is 23.1 Å². The van der Waals surface area contributed by atoms with Crippen molar-refractivity contribution in [2.75, 3.05) is 4.90 Å². The average Bonchev–Trinajstić information content (AvgIpc) is 2.77. The maximum absolute atomic E-state index is 12.7. The number of hydrogen-bond acceptors (Lipinski definition) is 2. The van der Waals surface area contributed by atoms with Crippen LogP contribution in [0.5, 0.6) is 5.75 Å². The van der Waals surface area contributed by atoms with Crippen molar-refractivity contribution in [3.63, 3.8) is 0 Å². The third kappa shape index (κ3) is 2.22. The number of aromatic hydroxyl groups is 1. The van der Waals surface area contributed by atoms with E-state index in [1.54, 1.807) is 6.07 Å². The molecule has 3 nitrogen and oxygen atoms in total. The molecule has 2 aromatic carbocycles. The van der Waals surface area contributed by atoms with E-state index >= 15 is 0 Å². The summed E-state index contributed by atoms with van der Waals surface area (Å²) >= 11 is 0. The lowest BCUT2D eigenvalue weighted by molar-refractivity contribution is -0.137. The molecule has 0 aliphatic carbocycles. The van der Waals surface area contributed by atoms with E-state index < -0.39 is 17.6 Å². The molecule has 1 aliphatic rings. The summed E-state index contributed by atoms with van der Waals surface area (Å²) in [6.07, 6.45) is -4.46. The lowest BCUT2D eigenvalue weighted by atomic mass is 10.1. The van der Waals surface area contributed by atoms with Crippen LogP contribution < -0.4 is 4.90 Å². The fourth-order valence-corrected chi connectivity index (χ4v) is 2.38. The predicted octanol–water partition coefficient (Wildman–Crippen LogP) is 3.57. The number of nitrogens with zero attached hydrogens (tertiary/aromatic N) is 1. The molecule has 0 radical (unpaired) electrons. The first kappa shape index (κ1) is 13.5. The third-order valence-corrected chi connectivity index (χ3v) is 3.43. The minimum absolute atomic E-state index is 0.0321. The van der Waals surface area contributed by atoms with Crippen LogP contribution in [0.3, 0.4) is 0 Å². The summed E-state index contributed by atoms with van der Waals surface area (Å²) in [4.78, 5) is 13.5. The zero-order chi connectivity index (χ0) is 15.2. The average molecular weight is 293 g/mol. The quantitative estimate of drug-likeness (QED) is 0.873. The number of benzene rings is 2. The molecule has 0 unspecified atom stereocenters. The van der Waals surface area contributed by atoms with Crippen LogP contribution in [0.25, 0.3) is 0 Å². The molecular formula is C15H10F3NO2. The fourth-order valence-electron chi connectivity index (χ4n) is 2.38. The molecule has 21 heavy (non-hydrogen) atoms.